The molecular formula is C12H16N4O4S. The summed E-state index contributed by atoms with van der Waals surface area (Å²) >= 11 is 1.21. The zero-order valence-electron chi connectivity index (χ0n) is 12.2. The lowest BCUT2D eigenvalue weighted by Gasteiger charge is -2.10. The lowest BCUT2D eigenvalue weighted by atomic mass is 9.96. The summed E-state index contributed by atoms with van der Waals surface area (Å²) in [6.07, 6.45) is 0. The molecule has 0 aliphatic heterocycles. The molecule has 0 saturated heterocycles. The minimum Gasteiger partial charge on any atom is -0.459 e. The highest BCUT2D eigenvalue weighted by atomic mass is 32.2. The van der Waals surface area contributed by atoms with Crippen LogP contribution in [0.5, 0.6) is 0 Å². The maximum atomic E-state index is 11.4. The summed E-state index contributed by atoms with van der Waals surface area (Å²) in [7, 11) is 0. The molecule has 0 bridgehead atoms. The van der Waals surface area contributed by atoms with Crippen LogP contribution in [0, 0.1) is 0 Å². The van der Waals surface area contributed by atoms with Gasteiger partial charge in [-0.25, -0.2) is 4.79 Å². The van der Waals surface area contributed by atoms with Crippen molar-refractivity contribution in [2.45, 2.75) is 44.1 Å². The molecule has 0 atom stereocenters. The molecule has 2 aromatic heterocycles. The third kappa shape index (κ3) is 4.03. The van der Waals surface area contributed by atoms with Gasteiger partial charge < -0.3 is 13.7 Å². The Balaban J connectivity index is 1.94. The number of aromatic nitrogens is 4. The van der Waals surface area contributed by atoms with E-state index in [1.54, 1.807) is 6.92 Å². The van der Waals surface area contributed by atoms with Crippen LogP contribution in [0.4, 0.5) is 0 Å². The number of thioether (sulfide) groups is 1. The Morgan fingerprint density at radius 3 is 2.71 bits per heavy atom. The van der Waals surface area contributed by atoms with Crippen LogP contribution in [0.15, 0.2) is 14.2 Å². The molecule has 9 heteroatoms. The van der Waals surface area contributed by atoms with Crippen LogP contribution in [0.2, 0.25) is 0 Å². The van der Waals surface area contributed by atoms with E-state index < -0.39 is 5.97 Å². The molecule has 114 valence electrons. The summed E-state index contributed by atoms with van der Waals surface area (Å²) < 4.78 is 15.1. The standard InChI is InChI=1S/C12H16N4O4S/c1-5-18-9(17)8-14-15-11(19-8)21-6-7-13-10(16-20-7)12(2,3)4/h5-6H2,1-4H3. The Labute approximate surface area is 125 Å². The normalized spacial score (nSPS) is 11.6. The maximum absolute atomic E-state index is 11.4. The smallest absolute Gasteiger partial charge is 0.396 e. The number of nitrogens with zero attached hydrogens (tertiary/aromatic N) is 4. The molecular weight excluding hydrogens is 296 g/mol. The van der Waals surface area contributed by atoms with Crippen molar-refractivity contribution in [1.29, 1.82) is 0 Å². The Bertz CT molecular complexity index is 617. The molecule has 2 aromatic rings. The maximum Gasteiger partial charge on any atom is 0.396 e. The van der Waals surface area contributed by atoms with E-state index in [1.807, 2.05) is 20.8 Å². The second kappa shape index (κ2) is 6.25. The largest absolute Gasteiger partial charge is 0.459 e. The Morgan fingerprint density at radius 2 is 2.10 bits per heavy atom. The third-order valence-electron chi connectivity index (χ3n) is 2.31. The topological polar surface area (TPSA) is 104 Å². The summed E-state index contributed by atoms with van der Waals surface area (Å²) in [4.78, 5) is 15.7. The van der Waals surface area contributed by atoms with Gasteiger partial charge in [-0.05, 0) is 6.92 Å². The molecule has 21 heavy (non-hydrogen) atoms. The second-order valence-electron chi connectivity index (χ2n) is 5.14. The van der Waals surface area contributed by atoms with Crippen LogP contribution >= 0.6 is 11.8 Å². The van der Waals surface area contributed by atoms with E-state index >= 15 is 0 Å². The molecule has 0 aliphatic carbocycles. The number of hydrogen-bond donors (Lipinski definition) is 0. The van der Waals surface area contributed by atoms with Gasteiger partial charge >= 0.3 is 11.9 Å². The quantitative estimate of drug-likeness (QED) is 0.607. The number of ether oxygens (including phenoxy) is 1. The van der Waals surface area contributed by atoms with Crippen molar-refractivity contribution in [3.05, 3.63) is 17.6 Å². The van der Waals surface area contributed by atoms with Gasteiger partial charge in [-0.2, -0.15) is 4.98 Å². The lowest BCUT2D eigenvalue weighted by Crippen LogP contribution is -2.13. The molecule has 8 nitrogen and oxygen atoms in total. The van der Waals surface area contributed by atoms with Crippen LogP contribution in [0.3, 0.4) is 0 Å². The first-order valence-electron chi connectivity index (χ1n) is 6.36. The third-order valence-corrected chi connectivity index (χ3v) is 3.12. The minimum atomic E-state index is -0.635. The molecule has 0 radical (unpaired) electrons. The predicted octanol–water partition coefficient (Wildman–Crippen LogP) is 2.22. The average Bonchev–Trinajstić information content (AvgIpc) is 3.05. The van der Waals surface area contributed by atoms with Crippen molar-refractivity contribution in [3.63, 3.8) is 0 Å². The van der Waals surface area contributed by atoms with E-state index in [4.69, 9.17) is 13.7 Å². The molecule has 0 unspecified atom stereocenters. The summed E-state index contributed by atoms with van der Waals surface area (Å²) in [5.74, 6) is 0.676. The fourth-order valence-corrected chi connectivity index (χ4v) is 1.89. The fraction of sp³-hybridized carbons (Fsp3) is 0.583. The zero-order valence-corrected chi connectivity index (χ0v) is 13.1. The van der Waals surface area contributed by atoms with Crippen LogP contribution in [0.25, 0.3) is 0 Å². The minimum absolute atomic E-state index is 0.166. The molecule has 2 heterocycles. The van der Waals surface area contributed by atoms with Gasteiger partial charge in [-0.15, -0.1) is 5.10 Å². The van der Waals surface area contributed by atoms with Crippen molar-refractivity contribution in [3.8, 4) is 0 Å². The van der Waals surface area contributed by atoms with E-state index in [0.717, 1.165) is 0 Å². The molecule has 0 saturated carbocycles. The van der Waals surface area contributed by atoms with Crippen molar-refractivity contribution in [2.75, 3.05) is 6.61 Å². The van der Waals surface area contributed by atoms with Gasteiger partial charge in [0.15, 0.2) is 5.82 Å². The Kier molecular flexibility index (Phi) is 4.61. The molecule has 2 rings (SSSR count). The zero-order chi connectivity index (χ0) is 15.5. The van der Waals surface area contributed by atoms with Crippen molar-refractivity contribution >= 4 is 17.7 Å². The fourth-order valence-electron chi connectivity index (χ4n) is 1.29. The second-order valence-corrected chi connectivity index (χ2v) is 6.07. The van der Waals surface area contributed by atoms with E-state index in [0.29, 0.717) is 17.5 Å². The highest BCUT2D eigenvalue weighted by Gasteiger charge is 2.21. The van der Waals surface area contributed by atoms with E-state index in [-0.39, 0.29) is 23.1 Å². The Morgan fingerprint density at radius 1 is 1.33 bits per heavy atom. The monoisotopic (exact) mass is 312 g/mol. The van der Waals surface area contributed by atoms with Gasteiger partial charge in [0.1, 0.15) is 0 Å². The number of esters is 1. The van der Waals surface area contributed by atoms with Gasteiger partial charge in [-0.3, -0.25) is 0 Å². The van der Waals surface area contributed by atoms with E-state index in [1.165, 1.54) is 11.8 Å². The van der Waals surface area contributed by atoms with Gasteiger partial charge in [0, 0.05) is 5.41 Å². The highest BCUT2D eigenvalue weighted by Crippen LogP contribution is 2.23. The van der Waals surface area contributed by atoms with Crippen LogP contribution in [-0.2, 0) is 15.9 Å². The molecule has 0 fully saturated rings. The van der Waals surface area contributed by atoms with Gasteiger partial charge in [0.05, 0.1) is 12.4 Å². The van der Waals surface area contributed by atoms with Crippen molar-refractivity contribution < 1.29 is 18.5 Å². The molecule has 0 N–H and O–H groups in total. The molecule has 0 spiro atoms. The van der Waals surface area contributed by atoms with Crippen LogP contribution in [0.1, 0.15) is 50.1 Å². The number of rotatable bonds is 5. The highest BCUT2D eigenvalue weighted by molar-refractivity contribution is 7.98. The average molecular weight is 312 g/mol. The lowest BCUT2D eigenvalue weighted by molar-refractivity contribution is 0.0475. The van der Waals surface area contributed by atoms with Crippen LogP contribution in [-0.4, -0.2) is 32.9 Å². The summed E-state index contributed by atoms with van der Waals surface area (Å²) in [5.41, 5.74) is -0.173. The number of carbonyl (C=O) groups excluding carboxylic acids is 1. The molecule has 0 aliphatic rings. The van der Waals surface area contributed by atoms with E-state index in [2.05, 4.69) is 20.3 Å². The summed E-state index contributed by atoms with van der Waals surface area (Å²) in [5, 5.41) is 11.5. The van der Waals surface area contributed by atoms with Gasteiger partial charge in [0.25, 0.3) is 5.22 Å². The first-order valence-corrected chi connectivity index (χ1v) is 7.35. The van der Waals surface area contributed by atoms with Gasteiger partial charge in [0.2, 0.25) is 5.89 Å². The first-order chi connectivity index (χ1) is 9.90. The number of hydrogen-bond acceptors (Lipinski definition) is 9. The van der Waals surface area contributed by atoms with Gasteiger partial charge in [-0.1, -0.05) is 42.8 Å². The number of carbonyl (C=O) groups is 1. The van der Waals surface area contributed by atoms with Crippen LogP contribution < -0.4 is 0 Å². The van der Waals surface area contributed by atoms with Crippen molar-refractivity contribution in [2.24, 2.45) is 0 Å². The first kappa shape index (κ1) is 15.5. The van der Waals surface area contributed by atoms with Crippen molar-refractivity contribution in [1.82, 2.24) is 20.3 Å². The SMILES string of the molecule is CCOC(=O)c1nnc(SCc2nc(C(C)(C)C)no2)o1. The molecule has 0 aromatic carbocycles. The predicted molar refractivity (Wildman–Crippen MR) is 72.8 cm³/mol. The summed E-state index contributed by atoms with van der Waals surface area (Å²) in [6.45, 7) is 7.95. The Hall–Kier alpha value is -1.90. The van der Waals surface area contributed by atoms with E-state index in [9.17, 15) is 4.79 Å². The molecule has 0 amide bonds. The summed E-state index contributed by atoms with van der Waals surface area (Å²) in [6, 6.07) is 0.